The predicted octanol–water partition coefficient (Wildman–Crippen LogP) is 5.66. The summed E-state index contributed by atoms with van der Waals surface area (Å²) >= 11 is 5.71. The van der Waals surface area contributed by atoms with E-state index in [1.54, 1.807) is 24.4 Å². The number of rotatable bonds is 8. The lowest BCUT2D eigenvalue weighted by Gasteiger charge is -2.26. The van der Waals surface area contributed by atoms with E-state index >= 15 is 0 Å². The Morgan fingerprint density at radius 3 is 2.69 bits per heavy atom. The third-order valence-corrected chi connectivity index (χ3v) is 7.11. The fourth-order valence-electron chi connectivity index (χ4n) is 4.73. The van der Waals surface area contributed by atoms with Crippen molar-refractivity contribution >= 4 is 34.9 Å². The van der Waals surface area contributed by atoms with E-state index in [1.807, 2.05) is 67.3 Å². The van der Waals surface area contributed by atoms with Gasteiger partial charge in [0.25, 0.3) is 0 Å². The zero-order valence-electron chi connectivity index (χ0n) is 21.5. The lowest BCUT2D eigenvalue weighted by Crippen LogP contribution is -2.32. The quantitative estimate of drug-likeness (QED) is 0.246. The van der Waals surface area contributed by atoms with Gasteiger partial charge in [0, 0.05) is 30.4 Å². The maximum atomic E-state index is 12.9. The van der Waals surface area contributed by atoms with Gasteiger partial charge in [-0.15, -0.1) is 0 Å². The number of nitrogens with one attached hydrogen (secondary N) is 2. The van der Waals surface area contributed by atoms with Gasteiger partial charge in [-0.2, -0.15) is 0 Å². The van der Waals surface area contributed by atoms with Crippen LogP contribution in [0.2, 0.25) is 0 Å². The molecule has 0 spiro atoms. The smallest absolute Gasteiger partial charge is 0.335 e. The first-order chi connectivity index (χ1) is 18.8. The molecule has 39 heavy (non-hydrogen) atoms. The first-order valence-electron chi connectivity index (χ1n) is 12.6. The van der Waals surface area contributed by atoms with Crippen molar-refractivity contribution in [1.29, 1.82) is 0 Å². The normalized spacial score (nSPS) is 16.7. The maximum absolute atomic E-state index is 12.9. The van der Waals surface area contributed by atoms with E-state index in [-0.39, 0.29) is 30.0 Å². The zero-order valence-corrected chi connectivity index (χ0v) is 22.4. The molecular formula is C30H28N4O4S. The standard InChI is InChI=1S/C30H28N4O4S/c1-18-9-10-19(2)23(16-18)32-26(35)13-15-34-28(27(33-30(34)39)22-8-3-4-14-31-22)25-12-11-24(38-25)20-6-5-7-21(17-20)29(36)37/h3-12,14,16-17,27-28H,13,15H2,1-2H3,(H,32,35)(H,33,39)(H,36,37)/t27-,28-/m1/s1. The summed E-state index contributed by atoms with van der Waals surface area (Å²) in [5, 5.41) is 16.3. The molecule has 2 aromatic heterocycles. The molecule has 1 aliphatic rings. The van der Waals surface area contributed by atoms with Crippen molar-refractivity contribution in [3.05, 3.63) is 107 Å². The van der Waals surface area contributed by atoms with Crippen LogP contribution < -0.4 is 10.6 Å². The molecule has 0 aliphatic carbocycles. The number of aryl methyl sites for hydroxylation is 2. The van der Waals surface area contributed by atoms with Crippen LogP contribution in [0.1, 0.15) is 51.4 Å². The molecular weight excluding hydrogens is 512 g/mol. The van der Waals surface area contributed by atoms with Crippen molar-refractivity contribution in [1.82, 2.24) is 15.2 Å². The average Bonchev–Trinajstić information content (AvgIpc) is 3.54. The van der Waals surface area contributed by atoms with Gasteiger partial charge in [0.1, 0.15) is 17.6 Å². The maximum Gasteiger partial charge on any atom is 0.335 e. The molecule has 1 fully saturated rings. The highest BCUT2D eigenvalue weighted by molar-refractivity contribution is 7.80. The highest BCUT2D eigenvalue weighted by Crippen LogP contribution is 2.40. The Morgan fingerprint density at radius 1 is 1.08 bits per heavy atom. The second-order valence-electron chi connectivity index (χ2n) is 9.52. The molecule has 1 amide bonds. The number of anilines is 1. The first-order valence-corrected chi connectivity index (χ1v) is 13.0. The number of furan rings is 1. The van der Waals surface area contributed by atoms with Crippen LogP contribution >= 0.6 is 12.2 Å². The molecule has 0 saturated carbocycles. The molecule has 198 valence electrons. The third-order valence-electron chi connectivity index (χ3n) is 6.76. The van der Waals surface area contributed by atoms with Gasteiger partial charge in [-0.25, -0.2) is 4.79 Å². The van der Waals surface area contributed by atoms with E-state index in [2.05, 4.69) is 15.6 Å². The number of nitrogens with zero attached hydrogens (tertiary/aromatic N) is 2. The van der Waals surface area contributed by atoms with Gasteiger partial charge in [-0.3, -0.25) is 9.78 Å². The number of carboxylic acids is 1. The summed E-state index contributed by atoms with van der Waals surface area (Å²) in [6, 6.07) is 21.3. The third kappa shape index (κ3) is 5.68. The number of aromatic nitrogens is 1. The number of pyridine rings is 1. The van der Waals surface area contributed by atoms with Crippen LogP contribution in [0.25, 0.3) is 11.3 Å². The second kappa shape index (κ2) is 11.1. The van der Waals surface area contributed by atoms with Crippen molar-refractivity contribution < 1.29 is 19.1 Å². The predicted molar refractivity (Wildman–Crippen MR) is 152 cm³/mol. The van der Waals surface area contributed by atoms with Crippen LogP contribution in [-0.2, 0) is 4.79 Å². The number of thiocarbonyl (C=S) groups is 1. The van der Waals surface area contributed by atoms with Gasteiger partial charge in [-0.05, 0) is 79.7 Å². The monoisotopic (exact) mass is 540 g/mol. The summed E-state index contributed by atoms with van der Waals surface area (Å²) in [6.07, 6.45) is 1.94. The van der Waals surface area contributed by atoms with Gasteiger partial charge < -0.3 is 25.1 Å². The molecule has 8 nitrogen and oxygen atoms in total. The van der Waals surface area contributed by atoms with Crippen LogP contribution in [-0.4, -0.2) is 38.5 Å². The SMILES string of the molecule is Cc1ccc(C)c(NC(=O)CCN2C(=S)N[C@H](c3ccccn3)[C@H]2c2ccc(-c3cccc(C(=O)O)c3)o2)c1. The molecule has 0 bridgehead atoms. The fraction of sp³-hybridized carbons (Fsp3) is 0.200. The lowest BCUT2D eigenvalue weighted by molar-refractivity contribution is -0.116. The Bertz CT molecular complexity index is 1530. The highest BCUT2D eigenvalue weighted by Gasteiger charge is 2.41. The highest BCUT2D eigenvalue weighted by atomic mass is 32.1. The van der Waals surface area contributed by atoms with E-state index < -0.39 is 5.97 Å². The minimum absolute atomic E-state index is 0.114. The lowest BCUT2D eigenvalue weighted by atomic mass is 10.0. The van der Waals surface area contributed by atoms with Crippen LogP contribution in [0.15, 0.2) is 83.4 Å². The van der Waals surface area contributed by atoms with Crippen LogP contribution in [0.4, 0.5) is 5.69 Å². The number of carbonyl (C=O) groups is 2. The summed E-state index contributed by atoms with van der Waals surface area (Å²) in [7, 11) is 0. The summed E-state index contributed by atoms with van der Waals surface area (Å²) in [5.41, 5.74) is 4.49. The summed E-state index contributed by atoms with van der Waals surface area (Å²) in [5.74, 6) is 0.0497. The number of aromatic carboxylic acids is 1. The van der Waals surface area contributed by atoms with E-state index in [9.17, 15) is 14.7 Å². The minimum Gasteiger partial charge on any atom is -0.478 e. The molecule has 9 heteroatoms. The number of hydrogen-bond donors (Lipinski definition) is 3. The molecule has 0 radical (unpaired) electrons. The molecule has 3 heterocycles. The molecule has 1 aliphatic heterocycles. The topological polar surface area (TPSA) is 108 Å². The van der Waals surface area contributed by atoms with Crippen molar-refractivity contribution in [3.63, 3.8) is 0 Å². The van der Waals surface area contributed by atoms with Gasteiger partial charge in [-0.1, -0.05) is 30.3 Å². The van der Waals surface area contributed by atoms with Crippen molar-refractivity contribution in [2.75, 3.05) is 11.9 Å². The molecule has 2 atom stereocenters. The van der Waals surface area contributed by atoms with Crippen molar-refractivity contribution in [2.45, 2.75) is 32.4 Å². The van der Waals surface area contributed by atoms with E-state index in [0.29, 0.717) is 28.7 Å². The Morgan fingerprint density at radius 2 is 1.92 bits per heavy atom. The van der Waals surface area contributed by atoms with Gasteiger partial charge in [0.05, 0.1) is 17.3 Å². The fourth-order valence-corrected chi connectivity index (χ4v) is 5.06. The first kappa shape index (κ1) is 26.1. The van der Waals surface area contributed by atoms with Crippen LogP contribution in [0.3, 0.4) is 0 Å². The molecule has 0 unspecified atom stereocenters. The average molecular weight is 541 g/mol. The van der Waals surface area contributed by atoms with Gasteiger partial charge >= 0.3 is 5.97 Å². The van der Waals surface area contributed by atoms with Crippen LogP contribution in [0.5, 0.6) is 0 Å². The number of carbonyl (C=O) groups excluding carboxylic acids is 1. The van der Waals surface area contributed by atoms with Crippen LogP contribution in [0, 0.1) is 13.8 Å². The molecule has 1 saturated heterocycles. The Kier molecular flexibility index (Phi) is 7.42. The summed E-state index contributed by atoms with van der Waals surface area (Å²) < 4.78 is 6.29. The molecule has 2 aromatic carbocycles. The summed E-state index contributed by atoms with van der Waals surface area (Å²) in [6.45, 7) is 4.31. The van der Waals surface area contributed by atoms with Crippen molar-refractivity contribution in [2.24, 2.45) is 0 Å². The summed E-state index contributed by atoms with van der Waals surface area (Å²) in [4.78, 5) is 30.9. The largest absolute Gasteiger partial charge is 0.478 e. The molecule has 4 aromatic rings. The number of carboxylic acid groups (broad SMARTS) is 1. The van der Waals surface area contributed by atoms with Crippen molar-refractivity contribution in [3.8, 4) is 11.3 Å². The Hall–Kier alpha value is -4.50. The molecule has 3 N–H and O–H groups in total. The number of benzene rings is 2. The van der Waals surface area contributed by atoms with Gasteiger partial charge in [0.15, 0.2) is 5.11 Å². The van der Waals surface area contributed by atoms with E-state index in [1.165, 1.54) is 6.07 Å². The number of amides is 1. The molecule has 5 rings (SSSR count). The Balaban J connectivity index is 1.41. The second-order valence-corrected chi connectivity index (χ2v) is 9.91. The Labute approximate surface area is 231 Å². The number of hydrogen-bond acceptors (Lipinski definition) is 5. The van der Waals surface area contributed by atoms with E-state index in [4.69, 9.17) is 16.6 Å². The van der Waals surface area contributed by atoms with Gasteiger partial charge in [0.2, 0.25) is 5.91 Å². The van der Waals surface area contributed by atoms with E-state index in [0.717, 1.165) is 22.5 Å². The minimum atomic E-state index is -1.01. The zero-order chi connectivity index (χ0) is 27.5.